The van der Waals surface area contributed by atoms with E-state index >= 15 is 0 Å². The molecule has 4 nitrogen and oxygen atoms in total. The summed E-state index contributed by atoms with van der Waals surface area (Å²) in [4.78, 5) is 2.01. The van der Waals surface area contributed by atoms with Gasteiger partial charge in [-0.1, -0.05) is 24.3 Å². The smallest absolute Gasteiger partial charge is 0.148 e. The zero-order valence-corrected chi connectivity index (χ0v) is 11.9. The van der Waals surface area contributed by atoms with Crippen LogP contribution in [0.25, 0.3) is 0 Å². The summed E-state index contributed by atoms with van der Waals surface area (Å²) in [6.07, 6.45) is 1.26. The molecule has 102 valence electrons. The Balaban J connectivity index is 2.60. The van der Waals surface area contributed by atoms with Crippen LogP contribution in [0.3, 0.4) is 0 Å². The van der Waals surface area contributed by atoms with Crippen molar-refractivity contribution in [2.24, 2.45) is 0 Å². The van der Waals surface area contributed by atoms with Gasteiger partial charge < -0.3 is 5.11 Å². The molecule has 18 heavy (non-hydrogen) atoms. The van der Waals surface area contributed by atoms with E-state index in [1.807, 2.05) is 43.1 Å². The highest BCUT2D eigenvalue weighted by atomic mass is 32.2. The van der Waals surface area contributed by atoms with Crippen LogP contribution in [0.5, 0.6) is 0 Å². The predicted molar refractivity (Wildman–Crippen MR) is 73.0 cm³/mol. The van der Waals surface area contributed by atoms with Gasteiger partial charge in [-0.25, -0.2) is 8.42 Å². The number of nitrogens with zero attached hydrogens (tertiary/aromatic N) is 1. The fraction of sp³-hybridized carbons (Fsp3) is 0.538. The molecule has 0 aliphatic heterocycles. The van der Waals surface area contributed by atoms with Gasteiger partial charge in [0.25, 0.3) is 0 Å². The van der Waals surface area contributed by atoms with Crippen molar-refractivity contribution in [3.8, 4) is 0 Å². The first-order valence-electron chi connectivity index (χ1n) is 5.88. The number of sulfone groups is 1. The summed E-state index contributed by atoms with van der Waals surface area (Å²) in [6.45, 7) is 2.64. The Morgan fingerprint density at radius 3 is 2.17 bits per heavy atom. The second kappa shape index (κ2) is 6.31. The highest BCUT2D eigenvalue weighted by molar-refractivity contribution is 7.90. The maximum atomic E-state index is 11.2. The van der Waals surface area contributed by atoms with Crippen molar-refractivity contribution >= 4 is 9.84 Å². The normalized spacial score (nSPS) is 13.8. The minimum absolute atomic E-state index is 0.0162. The molecule has 0 fully saturated rings. The third kappa shape index (κ3) is 5.16. The Morgan fingerprint density at radius 1 is 1.22 bits per heavy atom. The minimum atomic E-state index is -2.95. The number of benzene rings is 1. The Labute approximate surface area is 109 Å². The average molecular weight is 271 g/mol. The van der Waals surface area contributed by atoms with Gasteiger partial charge in [-0.3, -0.25) is 4.90 Å². The maximum absolute atomic E-state index is 11.2. The van der Waals surface area contributed by atoms with Crippen LogP contribution in [0.15, 0.2) is 24.3 Å². The molecule has 1 atom stereocenters. The molecule has 0 radical (unpaired) electrons. The zero-order chi connectivity index (χ0) is 13.8. The van der Waals surface area contributed by atoms with Gasteiger partial charge in [0.1, 0.15) is 9.84 Å². The number of aliphatic hydroxyl groups excluding tert-OH is 1. The monoisotopic (exact) mass is 271 g/mol. The lowest BCUT2D eigenvalue weighted by atomic mass is 10.1. The molecule has 1 aromatic carbocycles. The summed E-state index contributed by atoms with van der Waals surface area (Å²) < 4.78 is 22.5. The largest absolute Gasteiger partial charge is 0.392 e. The SMILES string of the molecule is CC(CS(C)(=O)=O)N(C)Cc1ccc(CO)cc1. The van der Waals surface area contributed by atoms with E-state index in [2.05, 4.69) is 0 Å². The van der Waals surface area contributed by atoms with Crippen LogP contribution in [-0.2, 0) is 23.0 Å². The molecule has 0 amide bonds. The second-order valence-corrected chi connectivity index (χ2v) is 7.02. The highest BCUT2D eigenvalue weighted by Gasteiger charge is 2.15. The van der Waals surface area contributed by atoms with Crippen molar-refractivity contribution in [3.05, 3.63) is 35.4 Å². The van der Waals surface area contributed by atoms with Gasteiger partial charge in [-0.05, 0) is 25.1 Å². The minimum Gasteiger partial charge on any atom is -0.392 e. The molecule has 5 heteroatoms. The van der Waals surface area contributed by atoms with Gasteiger partial charge in [-0.2, -0.15) is 0 Å². The number of hydrogen-bond donors (Lipinski definition) is 1. The third-order valence-electron chi connectivity index (χ3n) is 2.93. The van der Waals surface area contributed by atoms with Gasteiger partial charge in [-0.15, -0.1) is 0 Å². The first-order chi connectivity index (χ1) is 8.31. The summed E-state index contributed by atoms with van der Waals surface area (Å²) in [5.74, 6) is 0.165. The Kier molecular flexibility index (Phi) is 5.31. The molecule has 1 aromatic rings. The van der Waals surface area contributed by atoms with E-state index in [0.717, 1.165) is 11.1 Å². The third-order valence-corrected chi connectivity index (χ3v) is 4.02. The number of aliphatic hydroxyl groups is 1. The summed E-state index contributed by atoms with van der Waals surface area (Å²) in [6, 6.07) is 7.65. The van der Waals surface area contributed by atoms with Crippen LogP contribution in [0.2, 0.25) is 0 Å². The standard InChI is InChI=1S/C13H21NO3S/c1-11(10-18(3,16)17)14(2)8-12-4-6-13(9-15)7-5-12/h4-7,11,15H,8-10H2,1-3H3. The van der Waals surface area contributed by atoms with Gasteiger partial charge in [0, 0.05) is 18.8 Å². The summed E-state index contributed by atoms with van der Waals surface area (Å²) >= 11 is 0. The van der Waals surface area contributed by atoms with Gasteiger partial charge >= 0.3 is 0 Å². The van der Waals surface area contributed by atoms with Crippen molar-refractivity contribution < 1.29 is 13.5 Å². The molecule has 1 N–H and O–H groups in total. The average Bonchev–Trinajstić information content (AvgIpc) is 2.27. The molecule has 0 aliphatic carbocycles. The first-order valence-corrected chi connectivity index (χ1v) is 7.94. The van der Waals surface area contributed by atoms with E-state index in [0.29, 0.717) is 6.54 Å². The van der Waals surface area contributed by atoms with Crippen LogP contribution < -0.4 is 0 Å². The van der Waals surface area contributed by atoms with Crippen molar-refractivity contribution in [1.29, 1.82) is 0 Å². The lowest BCUT2D eigenvalue weighted by molar-refractivity contribution is 0.267. The first kappa shape index (κ1) is 15.1. The number of hydrogen-bond acceptors (Lipinski definition) is 4. The predicted octanol–water partition coefficient (Wildman–Crippen LogP) is 1.04. The topological polar surface area (TPSA) is 57.6 Å². The van der Waals surface area contributed by atoms with E-state index in [-0.39, 0.29) is 18.4 Å². The molecule has 0 aliphatic rings. The molecular formula is C13H21NO3S. The van der Waals surface area contributed by atoms with Crippen molar-refractivity contribution in [2.75, 3.05) is 19.1 Å². The second-order valence-electron chi connectivity index (χ2n) is 4.83. The van der Waals surface area contributed by atoms with E-state index in [1.165, 1.54) is 6.26 Å². The fourth-order valence-electron chi connectivity index (χ4n) is 1.76. The quantitative estimate of drug-likeness (QED) is 0.840. The van der Waals surface area contributed by atoms with Crippen LogP contribution in [0.1, 0.15) is 18.1 Å². The van der Waals surface area contributed by atoms with E-state index in [9.17, 15) is 8.42 Å². The van der Waals surface area contributed by atoms with Crippen molar-refractivity contribution in [1.82, 2.24) is 4.90 Å². The molecule has 1 unspecified atom stereocenters. The summed E-state index contributed by atoms with van der Waals surface area (Å²) in [5.41, 5.74) is 1.99. The summed E-state index contributed by atoms with van der Waals surface area (Å²) in [5, 5.41) is 8.95. The fourth-order valence-corrected chi connectivity index (χ4v) is 2.89. The molecule has 0 bridgehead atoms. The molecule has 0 saturated heterocycles. The van der Waals surface area contributed by atoms with Crippen LogP contribution >= 0.6 is 0 Å². The highest BCUT2D eigenvalue weighted by Crippen LogP contribution is 2.09. The molecule has 0 saturated carbocycles. The Bertz CT molecular complexity index is 468. The molecule has 0 heterocycles. The number of rotatable bonds is 6. The van der Waals surface area contributed by atoms with Crippen LogP contribution in [-0.4, -0.2) is 43.5 Å². The maximum Gasteiger partial charge on any atom is 0.148 e. The van der Waals surface area contributed by atoms with Crippen molar-refractivity contribution in [3.63, 3.8) is 0 Å². The van der Waals surface area contributed by atoms with Crippen LogP contribution in [0.4, 0.5) is 0 Å². The van der Waals surface area contributed by atoms with Crippen molar-refractivity contribution in [2.45, 2.75) is 26.1 Å². The molecule has 1 rings (SSSR count). The van der Waals surface area contributed by atoms with E-state index < -0.39 is 9.84 Å². The van der Waals surface area contributed by atoms with Gasteiger partial charge in [0.2, 0.25) is 0 Å². The van der Waals surface area contributed by atoms with Crippen LogP contribution in [0, 0.1) is 0 Å². The van der Waals surface area contributed by atoms with Gasteiger partial charge in [0.15, 0.2) is 0 Å². The van der Waals surface area contributed by atoms with E-state index in [1.54, 1.807) is 0 Å². The zero-order valence-electron chi connectivity index (χ0n) is 11.1. The molecular weight excluding hydrogens is 250 g/mol. The van der Waals surface area contributed by atoms with Gasteiger partial charge in [0.05, 0.1) is 12.4 Å². The summed E-state index contributed by atoms with van der Waals surface area (Å²) in [7, 11) is -1.03. The molecule has 0 aromatic heterocycles. The Hall–Kier alpha value is -0.910. The molecule has 0 spiro atoms. The Morgan fingerprint density at radius 2 is 1.72 bits per heavy atom. The van der Waals surface area contributed by atoms with E-state index in [4.69, 9.17) is 5.11 Å². The lowest BCUT2D eigenvalue weighted by Gasteiger charge is -2.24. The lowest BCUT2D eigenvalue weighted by Crippen LogP contribution is -2.34.